The van der Waals surface area contributed by atoms with Gasteiger partial charge < -0.3 is 0 Å². The van der Waals surface area contributed by atoms with Gasteiger partial charge in [0.05, 0.1) is 11.8 Å². The predicted octanol–water partition coefficient (Wildman–Crippen LogP) is 5.75. The molecule has 0 aromatic heterocycles. The summed E-state index contributed by atoms with van der Waals surface area (Å²) in [7, 11) is 0. The van der Waals surface area contributed by atoms with Crippen molar-refractivity contribution in [2.45, 2.75) is 19.4 Å². The smallest absolute Gasteiger partial charge is 0.267 e. The van der Waals surface area contributed by atoms with Crippen LogP contribution in [-0.2, 0) is 0 Å². The van der Waals surface area contributed by atoms with Crippen molar-refractivity contribution < 1.29 is 4.79 Å². The fourth-order valence-corrected chi connectivity index (χ4v) is 3.54. The van der Waals surface area contributed by atoms with Crippen LogP contribution in [0.4, 0.5) is 0 Å². The molecule has 134 valence electrons. The van der Waals surface area contributed by atoms with Gasteiger partial charge >= 0.3 is 0 Å². The number of aryl methyl sites for hydroxylation is 1. The Morgan fingerprint density at radius 3 is 2.30 bits per heavy atom. The molecule has 0 saturated heterocycles. The van der Waals surface area contributed by atoms with Gasteiger partial charge in [-0.25, -0.2) is 5.01 Å². The molecule has 1 unspecified atom stereocenters. The Hall–Kier alpha value is -2.72. The zero-order valence-corrected chi connectivity index (χ0v) is 16.6. The van der Waals surface area contributed by atoms with Crippen molar-refractivity contribution in [2.75, 3.05) is 0 Å². The second kappa shape index (κ2) is 7.49. The van der Waals surface area contributed by atoms with Gasteiger partial charge in [-0.1, -0.05) is 76.1 Å². The molecule has 1 heterocycles. The van der Waals surface area contributed by atoms with Gasteiger partial charge in [0.25, 0.3) is 5.91 Å². The first-order valence-corrected chi connectivity index (χ1v) is 9.70. The first kappa shape index (κ1) is 17.7. The van der Waals surface area contributed by atoms with Crippen molar-refractivity contribution in [3.8, 4) is 0 Å². The van der Waals surface area contributed by atoms with Crippen LogP contribution in [0.2, 0.25) is 0 Å². The summed E-state index contributed by atoms with van der Waals surface area (Å²) in [4.78, 5) is 13.1. The lowest BCUT2D eigenvalue weighted by atomic mass is 9.98. The molecule has 0 fully saturated rings. The number of hydrogen-bond donors (Lipinski definition) is 0. The third-order valence-corrected chi connectivity index (χ3v) is 5.31. The van der Waals surface area contributed by atoms with Crippen LogP contribution in [0, 0.1) is 6.92 Å². The van der Waals surface area contributed by atoms with E-state index in [2.05, 4.69) is 47.1 Å². The quantitative estimate of drug-likeness (QED) is 0.532. The molecular formula is C23H19BrN2O. The van der Waals surface area contributed by atoms with Crippen molar-refractivity contribution in [2.24, 2.45) is 5.10 Å². The summed E-state index contributed by atoms with van der Waals surface area (Å²) < 4.78 is 1.02. The molecule has 1 aliphatic rings. The van der Waals surface area contributed by atoms with Crippen LogP contribution >= 0.6 is 15.9 Å². The second-order valence-electron chi connectivity index (χ2n) is 6.70. The predicted molar refractivity (Wildman–Crippen MR) is 112 cm³/mol. The maximum atomic E-state index is 13.1. The number of benzene rings is 3. The van der Waals surface area contributed by atoms with E-state index < -0.39 is 0 Å². The van der Waals surface area contributed by atoms with E-state index in [1.54, 1.807) is 5.01 Å². The SMILES string of the molecule is Cc1ccc(C2=NN(C(=O)c3ccccc3)C(c3ccc(Br)cc3)C2)cc1. The topological polar surface area (TPSA) is 32.7 Å². The number of amides is 1. The van der Waals surface area contributed by atoms with Crippen molar-refractivity contribution in [1.82, 2.24) is 5.01 Å². The molecule has 27 heavy (non-hydrogen) atoms. The maximum absolute atomic E-state index is 13.1. The van der Waals surface area contributed by atoms with Gasteiger partial charge in [0.2, 0.25) is 0 Å². The van der Waals surface area contributed by atoms with E-state index in [-0.39, 0.29) is 11.9 Å². The molecule has 0 spiro atoms. The summed E-state index contributed by atoms with van der Waals surface area (Å²) in [6.45, 7) is 2.07. The highest BCUT2D eigenvalue weighted by Gasteiger charge is 2.33. The molecule has 0 bridgehead atoms. The highest BCUT2D eigenvalue weighted by Crippen LogP contribution is 2.34. The van der Waals surface area contributed by atoms with Crippen LogP contribution in [0.5, 0.6) is 0 Å². The van der Waals surface area contributed by atoms with Crippen LogP contribution in [0.1, 0.15) is 39.5 Å². The van der Waals surface area contributed by atoms with E-state index in [9.17, 15) is 4.79 Å². The third-order valence-electron chi connectivity index (χ3n) is 4.78. The lowest BCUT2D eigenvalue weighted by Crippen LogP contribution is -2.27. The minimum absolute atomic E-state index is 0.0781. The highest BCUT2D eigenvalue weighted by molar-refractivity contribution is 9.10. The van der Waals surface area contributed by atoms with Gasteiger partial charge in [-0.15, -0.1) is 0 Å². The molecule has 0 aliphatic carbocycles. The van der Waals surface area contributed by atoms with Crippen molar-refractivity contribution in [1.29, 1.82) is 0 Å². The Morgan fingerprint density at radius 2 is 1.63 bits per heavy atom. The third kappa shape index (κ3) is 3.71. The maximum Gasteiger partial charge on any atom is 0.274 e. The fraction of sp³-hybridized carbons (Fsp3) is 0.130. The van der Waals surface area contributed by atoms with Gasteiger partial charge in [0, 0.05) is 16.5 Å². The van der Waals surface area contributed by atoms with Crippen LogP contribution in [-0.4, -0.2) is 16.6 Å². The average Bonchev–Trinajstić information content (AvgIpc) is 3.14. The monoisotopic (exact) mass is 418 g/mol. The molecule has 1 amide bonds. The summed E-state index contributed by atoms with van der Waals surface area (Å²) in [6.07, 6.45) is 0.698. The Morgan fingerprint density at radius 1 is 0.963 bits per heavy atom. The number of nitrogens with zero attached hydrogens (tertiary/aromatic N) is 2. The van der Waals surface area contributed by atoms with E-state index in [1.165, 1.54) is 5.56 Å². The Labute approximate surface area is 167 Å². The first-order valence-electron chi connectivity index (χ1n) is 8.90. The number of carbonyl (C=O) groups excluding carboxylic acids is 1. The minimum atomic E-state index is -0.109. The summed E-state index contributed by atoms with van der Waals surface area (Å²) >= 11 is 3.48. The highest BCUT2D eigenvalue weighted by atomic mass is 79.9. The number of carbonyl (C=O) groups is 1. The van der Waals surface area contributed by atoms with E-state index in [0.717, 1.165) is 21.3 Å². The molecule has 0 radical (unpaired) electrons. The summed E-state index contributed by atoms with van der Waals surface area (Å²) in [5, 5.41) is 6.37. The van der Waals surface area contributed by atoms with Gasteiger partial charge in [0.15, 0.2) is 0 Å². The van der Waals surface area contributed by atoms with Gasteiger partial charge in [0.1, 0.15) is 0 Å². The molecule has 3 nitrogen and oxygen atoms in total. The van der Waals surface area contributed by atoms with Crippen molar-refractivity contribution in [3.63, 3.8) is 0 Å². The zero-order chi connectivity index (χ0) is 18.8. The number of halogens is 1. The first-order chi connectivity index (χ1) is 13.1. The zero-order valence-electron chi connectivity index (χ0n) is 15.0. The van der Waals surface area contributed by atoms with E-state index >= 15 is 0 Å². The number of hydrazone groups is 1. The van der Waals surface area contributed by atoms with E-state index in [4.69, 9.17) is 5.10 Å². The van der Waals surface area contributed by atoms with Gasteiger partial charge in [-0.05, 0) is 42.3 Å². The van der Waals surface area contributed by atoms with Crippen molar-refractivity contribution in [3.05, 3.63) is 106 Å². The lowest BCUT2D eigenvalue weighted by molar-refractivity contribution is 0.0711. The molecule has 0 N–H and O–H groups in total. The van der Waals surface area contributed by atoms with Gasteiger partial charge in [-0.3, -0.25) is 4.79 Å². The molecule has 0 saturated carbocycles. The van der Waals surface area contributed by atoms with Crippen LogP contribution in [0.25, 0.3) is 0 Å². The Kier molecular flexibility index (Phi) is 4.90. The van der Waals surface area contributed by atoms with E-state index in [1.807, 2.05) is 54.6 Å². The fourth-order valence-electron chi connectivity index (χ4n) is 3.28. The Bertz CT molecular complexity index is 979. The van der Waals surface area contributed by atoms with Gasteiger partial charge in [-0.2, -0.15) is 5.10 Å². The Balaban J connectivity index is 1.72. The van der Waals surface area contributed by atoms with Crippen LogP contribution in [0.3, 0.4) is 0 Å². The van der Waals surface area contributed by atoms with E-state index in [0.29, 0.717) is 12.0 Å². The molecule has 4 heteroatoms. The average molecular weight is 419 g/mol. The van der Waals surface area contributed by atoms with Crippen molar-refractivity contribution >= 4 is 27.5 Å². The molecule has 1 atom stereocenters. The van der Waals surface area contributed by atoms with Crippen LogP contribution < -0.4 is 0 Å². The largest absolute Gasteiger partial charge is 0.274 e. The normalized spacial score (nSPS) is 16.3. The molecular weight excluding hydrogens is 400 g/mol. The lowest BCUT2D eigenvalue weighted by Gasteiger charge is -2.22. The summed E-state index contributed by atoms with van der Waals surface area (Å²) in [5.74, 6) is -0.0781. The molecule has 4 rings (SSSR count). The molecule has 1 aliphatic heterocycles. The number of hydrogen-bond acceptors (Lipinski definition) is 2. The molecule has 3 aromatic carbocycles. The summed E-state index contributed by atoms with van der Waals surface area (Å²) in [6, 6.07) is 25.6. The standard InChI is InChI=1S/C23H19BrN2O/c1-16-7-9-17(10-8-16)21-15-22(18-11-13-20(24)14-12-18)26(25-21)23(27)19-5-3-2-4-6-19/h2-14,22H,15H2,1H3. The number of rotatable bonds is 3. The molecule has 3 aromatic rings. The summed E-state index contributed by atoms with van der Waals surface area (Å²) in [5.41, 5.74) is 4.93. The van der Waals surface area contributed by atoms with Crippen LogP contribution in [0.15, 0.2) is 88.4 Å². The second-order valence-corrected chi connectivity index (χ2v) is 7.62. The minimum Gasteiger partial charge on any atom is -0.267 e.